The van der Waals surface area contributed by atoms with E-state index in [0.717, 1.165) is 35.9 Å². The van der Waals surface area contributed by atoms with Crippen molar-refractivity contribution >= 4 is 5.91 Å². The lowest BCUT2D eigenvalue weighted by Gasteiger charge is -2.22. The number of amides is 1. The van der Waals surface area contributed by atoms with Crippen LogP contribution in [0.2, 0.25) is 0 Å². The van der Waals surface area contributed by atoms with E-state index in [-0.39, 0.29) is 11.6 Å². The van der Waals surface area contributed by atoms with Gasteiger partial charge in [0, 0.05) is 42.9 Å². The third-order valence-corrected chi connectivity index (χ3v) is 5.38. The Labute approximate surface area is 164 Å². The Morgan fingerprint density at radius 1 is 1.21 bits per heavy atom. The van der Waals surface area contributed by atoms with E-state index in [1.165, 1.54) is 36.1 Å². The Morgan fingerprint density at radius 3 is 2.68 bits per heavy atom. The molecule has 0 unspecified atom stereocenters. The Hall–Kier alpha value is -2.28. The minimum absolute atomic E-state index is 0.0805. The van der Waals surface area contributed by atoms with E-state index in [1.807, 2.05) is 13.8 Å². The number of carbonyl (C=O) groups excluding carboxylic acids is 1. The maximum absolute atomic E-state index is 14.1. The van der Waals surface area contributed by atoms with Crippen molar-refractivity contribution in [3.8, 4) is 5.69 Å². The summed E-state index contributed by atoms with van der Waals surface area (Å²) in [5, 5.41) is 10.8. The molecular weight excluding hydrogens is 362 g/mol. The van der Waals surface area contributed by atoms with Crippen molar-refractivity contribution in [3.63, 3.8) is 0 Å². The Bertz CT molecular complexity index is 828. The van der Waals surface area contributed by atoms with Crippen LogP contribution in [0.25, 0.3) is 5.69 Å². The van der Waals surface area contributed by atoms with Crippen LogP contribution in [0.15, 0.2) is 18.2 Å². The number of carbonyl (C=O) groups is 1. The van der Waals surface area contributed by atoms with Crippen molar-refractivity contribution in [1.82, 2.24) is 20.4 Å². The summed E-state index contributed by atoms with van der Waals surface area (Å²) in [5.41, 5.74) is 2.75. The highest BCUT2D eigenvalue weighted by Gasteiger charge is 2.17. The van der Waals surface area contributed by atoms with E-state index in [0.29, 0.717) is 25.6 Å². The summed E-state index contributed by atoms with van der Waals surface area (Å²) in [4.78, 5) is 12.1. The van der Waals surface area contributed by atoms with Gasteiger partial charge in [-0.3, -0.25) is 4.79 Å². The number of halogens is 2. The lowest BCUT2D eigenvalue weighted by Crippen LogP contribution is -2.37. The number of nitrogens with one attached hydrogen (secondary N) is 2. The van der Waals surface area contributed by atoms with E-state index in [2.05, 4.69) is 15.7 Å². The summed E-state index contributed by atoms with van der Waals surface area (Å²) in [5.74, 6) is -1.18. The first-order chi connectivity index (χ1) is 13.5. The quantitative estimate of drug-likeness (QED) is 0.709. The van der Waals surface area contributed by atoms with Crippen molar-refractivity contribution in [2.45, 2.75) is 65.0 Å². The molecule has 1 saturated carbocycles. The van der Waals surface area contributed by atoms with Gasteiger partial charge in [-0.25, -0.2) is 13.5 Å². The number of benzene rings is 1. The molecule has 7 heteroatoms. The van der Waals surface area contributed by atoms with Crippen LogP contribution < -0.4 is 10.6 Å². The Morgan fingerprint density at radius 2 is 1.96 bits per heavy atom. The summed E-state index contributed by atoms with van der Waals surface area (Å²) in [6.07, 6.45) is 6.24. The van der Waals surface area contributed by atoms with Gasteiger partial charge >= 0.3 is 0 Å². The fourth-order valence-corrected chi connectivity index (χ4v) is 3.78. The number of aromatic nitrogens is 2. The van der Waals surface area contributed by atoms with E-state index in [4.69, 9.17) is 0 Å². The average molecular weight is 390 g/mol. The second-order valence-corrected chi connectivity index (χ2v) is 7.49. The molecule has 1 heterocycles. The first-order valence-corrected chi connectivity index (χ1v) is 9.96. The molecule has 0 aliphatic heterocycles. The molecule has 5 nitrogen and oxygen atoms in total. The molecule has 152 valence electrons. The molecule has 0 bridgehead atoms. The van der Waals surface area contributed by atoms with Crippen LogP contribution in [0.3, 0.4) is 0 Å². The van der Waals surface area contributed by atoms with Gasteiger partial charge in [0.15, 0.2) is 5.82 Å². The molecule has 0 radical (unpaired) electrons. The predicted molar refractivity (Wildman–Crippen MR) is 104 cm³/mol. The molecule has 3 rings (SSSR count). The lowest BCUT2D eigenvalue weighted by molar-refractivity contribution is -0.121. The second kappa shape index (κ2) is 9.28. The van der Waals surface area contributed by atoms with Crippen molar-refractivity contribution in [1.29, 1.82) is 0 Å². The highest BCUT2D eigenvalue weighted by atomic mass is 19.1. The number of hydrogen-bond donors (Lipinski definition) is 2. The van der Waals surface area contributed by atoms with Crippen LogP contribution >= 0.6 is 0 Å². The van der Waals surface area contributed by atoms with Gasteiger partial charge in [0.1, 0.15) is 11.5 Å². The molecule has 1 fully saturated rings. The van der Waals surface area contributed by atoms with E-state index in [9.17, 15) is 13.6 Å². The molecule has 0 spiro atoms. The van der Waals surface area contributed by atoms with Gasteiger partial charge in [0.2, 0.25) is 5.91 Å². The van der Waals surface area contributed by atoms with Gasteiger partial charge in [-0.2, -0.15) is 5.10 Å². The third kappa shape index (κ3) is 4.95. The average Bonchev–Trinajstić information content (AvgIpc) is 2.94. The summed E-state index contributed by atoms with van der Waals surface area (Å²) in [6.45, 7) is 4.82. The van der Waals surface area contributed by atoms with E-state index in [1.54, 1.807) is 0 Å². The summed E-state index contributed by atoms with van der Waals surface area (Å²) >= 11 is 0. The van der Waals surface area contributed by atoms with Gasteiger partial charge in [-0.1, -0.05) is 19.3 Å². The van der Waals surface area contributed by atoms with Crippen LogP contribution in [0.4, 0.5) is 8.78 Å². The Kier molecular flexibility index (Phi) is 6.78. The third-order valence-electron chi connectivity index (χ3n) is 5.38. The molecule has 1 aliphatic carbocycles. The minimum Gasteiger partial charge on any atom is -0.353 e. The van der Waals surface area contributed by atoms with Crippen molar-refractivity contribution in [2.75, 3.05) is 6.54 Å². The monoisotopic (exact) mass is 390 g/mol. The SMILES string of the molecule is Cc1nn(-c2ccc(F)cc2F)c(C)c1CNCCC(=O)NC1CCCCC1. The smallest absolute Gasteiger partial charge is 0.221 e. The van der Waals surface area contributed by atoms with E-state index >= 15 is 0 Å². The summed E-state index contributed by atoms with van der Waals surface area (Å²) in [7, 11) is 0. The van der Waals surface area contributed by atoms with E-state index < -0.39 is 11.6 Å². The van der Waals surface area contributed by atoms with Gasteiger partial charge in [0.25, 0.3) is 0 Å². The van der Waals surface area contributed by atoms with Gasteiger partial charge in [-0.15, -0.1) is 0 Å². The van der Waals surface area contributed by atoms with Crippen LogP contribution in [-0.2, 0) is 11.3 Å². The fourth-order valence-electron chi connectivity index (χ4n) is 3.78. The van der Waals surface area contributed by atoms with Crippen LogP contribution in [-0.4, -0.2) is 28.3 Å². The largest absolute Gasteiger partial charge is 0.353 e. The first-order valence-electron chi connectivity index (χ1n) is 9.96. The number of aryl methyl sites for hydroxylation is 1. The number of hydrogen-bond acceptors (Lipinski definition) is 3. The van der Waals surface area contributed by atoms with Crippen LogP contribution in [0.5, 0.6) is 0 Å². The molecule has 1 aromatic carbocycles. The zero-order valence-corrected chi connectivity index (χ0v) is 16.5. The van der Waals surface area contributed by atoms with Crippen LogP contribution in [0, 0.1) is 25.5 Å². The van der Waals surface area contributed by atoms with Crippen molar-refractivity contribution in [2.24, 2.45) is 0 Å². The molecule has 1 amide bonds. The summed E-state index contributed by atoms with van der Waals surface area (Å²) in [6, 6.07) is 3.79. The molecule has 2 N–H and O–H groups in total. The molecule has 0 saturated heterocycles. The summed E-state index contributed by atoms with van der Waals surface area (Å²) < 4.78 is 28.7. The standard InChI is InChI=1S/C21H28F2N4O/c1-14-18(13-24-11-10-21(28)25-17-6-4-3-5-7-17)15(2)27(26-14)20-9-8-16(22)12-19(20)23/h8-9,12,17,24H,3-7,10-11,13H2,1-2H3,(H,25,28). The maximum atomic E-state index is 14.1. The minimum atomic E-state index is -0.649. The van der Waals surface area contributed by atoms with Gasteiger partial charge < -0.3 is 10.6 Å². The highest BCUT2D eigenvalue weighted by molar-refractivity contribution is 5.76. The highest BCUT2D eigenvalue weighted by Crippen LogP contribution is 2.21. The lowest BCUT2D eigenvalue weighted by atomic mass is 9.95. The van der Waals surface area contributed by atoms with Crippen molar-refractivity contribution in [3.05, 3.63) is 46.8 Å². The first kappa shape index (κ1) is 20.5. The zero-order valence-electron chi connectivity index (χ0n) is 16.5. The molecule has 28 heavy (non-hydrogen) atoms. The predicted octanol–water partition coefficient (Wildman–Crippen LogP) is 3.70. The molecule has 0 atom stereocenters. The maximum Gasteiger partial charge on any atom is 0.221 e. The second-order valence-electron chi connectivity index (χ2n) is 7.49. The Balaban J connectivity index is 1.53. The zero-order chi connectivity index (χ0) is 20.1. The number of rotatable bonds is 7. The topological polar surface area (TPSA) is 59.0 Å². The van der Waals surface area contributed by atoms with Crippen molar-refractivity contribution < 1.29 is 13.6 Å². The number of nitrogens with zero attached hydrogens (tertiary/aromatic N) is 2. The molecule has 1 aliphatic rings. The fraction of sp³-hybridized carbons (Fsp3) is 0.524. The normalized spacial score (nSPS) is 15.0. The molecular formula is C21H28F2N4O. The van der Waals surface area contributed by atoms with Gasteiger partial charge in [-0.05, 0) is 38.8 Å². The molecule has 2 aromatic rings. The van der Waals surface area contributed by atoms with Crippen LogP contribution in [0.1, 0.15) is 55.5 Å². The molecule has 1 aromatic heterocycles. The van der Waals surface area contributed by atoms with Gasteiger partial charge in [0.05, 0.1) is 5.69 Å².